The highest BCUT2D eigenvalue weighted by molar-refractivity contribution is 6.30. The van der Waals surface area contributed by atoms with E-state index in [1.807, 2.05) is 30.9 Å². The molecular formula is C16H27ClN4O. The summed E-state index contributed by atoms with van der Waals surface area (Å²) in [5, 5.41) is 4.11. The average Bonchev–Trinajstić information content (AvgIpc) is 2.82. The maximum Gasteiger partial charge on any atom is 0.194 e. The van der Waals surface area contributed by atoms with E-state index in [1.54, 1.807) is 0 Å². The van der Waals surface area contributed by atoms with Gasteiger partial charge in [-0.15, -0.1) is 0 Å². The van der Waals surface area contributed by atoms with E-state index in [2.05, 4.69) is 17.1 Å². The Morgan fingerprint density at radius 2 is 2.36 bits per heavy atom. The molecule has 1 unspecified atom stereocenters. The Hall–Kier alpha value is -1.20. The van der Waals surface area contributed by atoms with Gasteiger partial charge < -0.3 is 19.5 Å². The van der Waals surface area contributed by atoms with Crippen LogP contribution in [-0.4, -0.2) is 48.3 Å². The van der Waals surface area contributed by atoms with E-state index in [1.165, 1.54) is 12.8 Å². The fourth-order valence-corrected chi connectivity index (χ4v) is 2.92. The molecule has 1 N–H and O–H groups in total. The van der Waals surface area contributed by atoms with Crippen LogP contribution in [0.1, 0.15) is 31.9 Å². The first kappa shape index (κ1) is 17.2. The SMILES string of the molecule is CCNC(=NCC1CCCCO1)N(C)Cc1cc(Cl)cn1C. The van der Waals surface area contributed by atoms with Crippen molar-refractivity contribution in [3.05, 3.63) is 23.0 Å². The number of hydrogen-bond donors (Lipinski definition) is 1. The van der Waals surface area contributed by atoms with Crippen molar-refractivity contribution in [2.45, 2.75) is 38.8 Å². The van der Waals surface area contributed by atoms with E-state index >= 15 is 0 Å². The Labute approximate surface area is 138 Å². The van der Waals surface area contributed by atoms with Gasteiger partial charge in [0.2, 0.25) is 0 Å². The van der Waals surface area contributed by atoms with Crippen molar-refractivity contribution in [2.24, 2.45) is 12.0 Å². The van der Waals surface area contributed by atoms with Crippen molar-refractivity contribution in [3.8, 4) is 0 Å². The molecule has 0 bridgehead atoms. The van der Waals surface area contributed by atoms with Crippen LogP contribution in [0.25, 0.3) is 0 Å². The molecule has 1 aromatic heterocycles. The van der Waals surface area contributed by atoms with Crippen molar-refractivity contribution in [1.82, 2.24) is 14.8 Å². The lowest BCUT2D eigenvalue weighted by molar-refractivity contribution is 0.0223. The second-order valence-corrected chi connectivity index (χ2v) is 6.24. The van der Waals surface area contributed by atoms with Crippen LogP contribution in [0.15, 0.2) is 17.3 Å². The first-order chi connectivity index (χ1) is 10.6. The van der Waals surface area contributed by atoms with E-state index in [-0.39, 0.29) is 6.10 Å². The first-order valence-electron chi connectivity index (χ1n) is 8.02. The molecule has 5 nitrogen and oxygen atoms in total. The topological polar surface area (TPSA) is 41.8 Å². The van der Waals surface area contributed by atoms with Crippen LogP contribution in [0.3, 0.4) is 0 Å². The number of nitrogens with one attached hydrogen (secondary N) is 1. The van der Waals surface area contributed by atoms with Crippen LogP contribution < -0.4 is 5.32 Å². The molecule has 1 aromatic rings. The zero-order valence-electron chi connectivity index (χ0n) is 13.8. The average molecular weight is 327 g/mol. The van der Waals surface area contributed by atoms with Gasteiger partial charge in [0.1, 0.15) is 0 Å². The Morgan fingerprint density at radius 3 is 2.95 bits per heavy atom. The minimum absolute atomic E-state index is 0.264. The minimum Gasteiger partial charge on any atom is -0.376 e. The van der Waals surface area contributed by atoms with E-state index in [0.717, 1.165) is 49.3 Å². The predicted molar refractivity (Wildman–Crippen MR) is 91.5 cm³/mol. The van der Waals surface area contributed by atoms with Crippen molar-refractivity contribution in [2.75, 3.05) is 26.7 Å². The Bertz CT molecular complexity index is 494. The zero-order chi connectivity index (χ0) is 15.9. The predicted octanol–water partition coefficient (Wildman–Crippen LogP) is 2.64. The van der Waals surface area contributed by atoms with Crippen molar-refractivity contribution >= 4 is 17.6 Å². The highest BCUT2D eigenvalue weighted by atomic mass is 35.5. The molecule has 0 aliphatic carbocycles. The molecule has 0 spiro atoms. The summed E-state index contributed by atoms with van der Waals surface area (Å²) >= 11 is 6.05. The van der Waals surface area contributed by atoms with Crippen molar-refractivity contribution in [3.63, 3.8) is 0 Å². The van der Waals surface area contributed by atoms with Crippen LogP contribution in [0.4, 0.5) is 0 Å². The molecule has 1 saturated heterocycles. The summed E-state index contributed by atoms with van der Waals surface area (Å²) in [5.74, 6) is 0.911. The third-order valence-electron chi connectivity index (χ3n) is 3.89. The monoisotopic (exact) mass is 326 g/mol. The van der Waals surface area contributed by atoms with Gasteiger partial charge in [0.05, 0.1) is 24.2 Å². The largest absolute Gasteiger partial charge is 0.376 e. The fraction of sp³-hybridized carbons (Fsp3) is 0.688. The highest BCUT2D eigenvalue weighted by Gasteiger charge is 2.15. The lowest BCUT2D eigenvalue weighted by atomic mass is 10.1. The minimum atomic E-state index is 0.264. The van der Waals surface area contributed by atoms with Gasteiger partial charge in [-0.05, 0) is 32.3 Å². The van der Waals surface area contributed by atoms with Gasteiger partial charge in [-0.25, -0.2) is 0 Å². The van der Waals surface area contributed by atoms with E-state index in [9.17, 15) is 0 Å². The van der Waals surface area contributed by atoms with Gasteiger partial charge in [0.25, 0.3) is 0 Å². The maximum absolute atomic E-state index is 6.05. The number of aromatic nitrogens is 1. The number of nitrogens with zero attached hydrogens (tertiary/aromatic N) is 3. The van der Waals surface area contributed by atoms with Gasteiger partial charge in [-0.3, -0.25) is 4.99 Å². The van der Waals surface area contributed by atoms with Gasteiger partial charge in [-0.1, -0.05) is 11.6 Å². The maximum atomic E-state index is 6.05. The Kier molecular flexibility index (Phi) is 6.58. The highest BCUT2D eigenvalue weighted by Crippen LogP contribution is 2.15. The van der Waals surface area contributed by atoms with Crippen LogP contribution >= 0.6 is 11.6 Å². The van der Waals surface area contributed by atoms with Gasteiger partial charge >= 0.3 is 0 Å². The molecule has 0 radical (unpaired) electrons. The van der Waals surface area contributed by atoms with Crippen LogP contribution in [0.5, 0.6) is 0 Å². The molecule has 1 aliphatic heterocycles. The number of halogens is 1. The summed E-state index contributed by atoms with van der Waals surface area (Å²) in [7, 11) is 4.05. The molecule has 0 saturated carbocycles. The fourth-order valence-electron chi connectivity index (χ4n) is 2.65. The number of aliphatic imine (C=N–C) groups is 1. The summed E-state index contributed by atoms with van der Waals surface area (Å²) in [6.45, 7) is 5.29. The van der Waals surface area contributed by atoms with E-state index in [0.29, 0.717) is 0 Å². The smallest absolute Gasteiger partial charge is 0.194 e. The standard InChI is InChI=1S/C16H27ClN4O/c1-4-18-16(19-10-15-7-5-6-8-22-15)21(3)12-14-9-13(17)11-20(14)2/h9,11,15H,4-8,10,12H2,1-3H3,(H,18,19). The van der Waals surface area contributed by atoms with Crippen molar-refractivity contribution < 1.29 is 4.74 Å². The van der Waals surface area contributed by atoms with Crippen LogP contribution in [0, 0.1) is 0 Å². The van der Waals surface area contributed by atoms with Crippen molar-refractivity contribution in [1.29, 1.82) is 0 Å². The number of guanidine groups is 1. The summed E-state index contributed by atoms with van der Waals surface area (Å²) in [4.78, 5) is 6.86. The third-order valence-corrected chi connectivity index (χ3v) is 4.10. The number of hydrogen-bond acceptors (Lipinski definition) is 2. The van der Waals surface area contributed by atoms with Gasteiger partial charge in [0.15, 0.2) is 5.96 Å². The molecule has 1 atom stereocenters. The molecular weight excluding hydrogens is 300 g/mol. The summed E-state index contributed by atoms with van der Waals surface area (Å²) < 4.78 is 7.80. The molecule has 1 aliphatic rings. The third kappa shape index (κ3) is 4.92. The molecule has 2 heterocycles. The lowest BCUT2D eigenvalue weighted by Crippen LogP contribution is -2.39. The van der Waals surface area contributed by atoms with E-state index in [4.69, 9.17) is 21.3 Å². The summed E-state index contributed by atoms with van der Waals surface area (Å²) in [5.41, 5.74) is 1.16. The molecule has 0 aromatic carbocycles. The molecule has 0 amide bonds. The molecule has 6 heteroatoms. The van der Waals surface area contributed by atoms with Gasteiger partial charge in [0, 0.05) is 39.1 Å². The Morgan fingerprint density at radius 1 is 1.55 bits per heavy atom. The number of aryl methyl sites for hydroxylation is 1. The molecule has 1 fully saturated rings. The second-order valence-electron chi connectivity index (χ2n) is 5.80. The van der Waals surface area contributed by atoms with E-state index < -0.39 is 0 Å². The molecule has 22 heavy (non-hydrogen) atoms. The Balaban J connectivity index is 1.97. The molecule has 2 rings (SSSR count). The van der Waals surface area contributed by atoms with Crippen LogP contribution in [-0.2, 0) is 18.3 Å². The lowest BCUT2D eigenvalue weighted by Gasteiger charge is -2.25. The molecule has 124 valence electrons. The summed E-state index contributed by atoms with van der Waals surface area (Å²) in [6, 6.07) is 1.99. The summed E-state index contributed by atoms with van der Waals surface area (Å²) in [6.07, 6.45) is 5.72. The van der Waals surface area contributed by atoms with Crippen LogP contribution in [0.2, 0.25) is 5.02 Å². The normalized spacial score (nSPS) is 19.3. The zero-order valence-corrected chi connectivity index (χ0v) is 14.6. The van der Waals surface area contributed by atoms with Gasteiger partial charge in [-0.2, -0.15) is 0 Å². The number of ether oxygens (including phenoxy) is 1. The second kappa shape index (κ2) is 8.44. The number of rotatable bonds is 5. The quantitative estimate of drug-likeness (QED) is 0.668. The first-order valence-corrected chi connectivity index (χ1v) is 8.39.